The second kappa shape index (κ2) is 4.28. The molecule has 18 heavy (non-hydrogen) atoms. The molecule has 0 aromatic carbocycles. The predicted octanol–water partition coefficient (Wildman–Crippen LogP) is 0.935. The first-order valence-corrected chi connectivity index (χ1v) is 6.54. The van der Waals surface area contributed by atoms with Gasteiger partial charge in [0.15, 0.2) is 24.0 Å². The minimum absolute atomic E-state index is 0.0399. The number of hydrogen-bond donors (Lipinski definition) is 1. The minimum atomic E-state index is -0.172. The minimum Gasteiger partial charge on any atom is -0.326 e. The van der Waals surface area contributed by atoms with Crippen LogP contribution in [-0.4, -0.2) is 34.5 Å². The highest BCUT2D eigenvalue weighted by atomic mass is 16.6. The SMILES string of the molecule is CCCCN1c2ncn(CC)c2C(=O)NC2OC21. The molecule has 1 amide bonds. The van der Waals surface area contributed by atoms with Crippen molar-refractivity contribution in [1.82, 2.24) is 14.9 Å². The average molecular weight is 250 g/mol. The number of fused-ring (bicyclic) bond motifs is 2. The number of rotatable bonds is 4. The standard InChI is InChI=1S/C12H18N4O2/c1-3-5-6-16-9-8(15(4-2)7-13-9)10(17)14-11-12(16)18-11/h7,11-12H,3-6H2,1-2H3,(H,14,17). The number of hydrogen-bond acceptors (Lipinski definition) is 4. The second-order valence-corrected chi connectivity index (χ2v) is 4.67. The zero-order valence-corrected chi connectivity index (χ0v) is 10.7. The van der Waals surface area contributed by atoms with Crippen molar-refractivity contribution in [2.45, 2.75) is 45.7 Å². The van der Waals surface area contributed by atoms with E-state index in [1.165, 1.54) is 0 Å². The first-order chi connectivity index (χ1) is 8.76. The van der Waals surface area contributed by atoms with Crippen LogP contribution in [0.4, 0.5) is 5.82 Å². The second-order valence-electron chi connectivity index (χ2n) is 4.67. The van der Waals surface area contributed by atoms with Crippen LogP contribution in [0.3, 0.4) is 0 Å². The summed E-state index contributed by atoms with van der Waals surface area (Å²) in [6.07, 6.45) is 3.69. The van der Waals surface area contributed by atoms with E-state index in [0.29, 0.717) is 5.69 Å². The number of nitrogens with zero attached hydrogens (tertiary/aromatic N) is 3. The van der Waals surface area contributed by atoms with Crippen LogP contribution in [0.1, 0.15) is 37.2 Å². The fourth-order valence-corrected chi connectivity index (χ4v) is 2.38. The predicted molar refractivity (Wildman–Crippen MR) is 66.3 cm³/mol. The quantitative estimate of drug-likeness (QED) is 0.808. The van der Waals surface area contributed by atoms with Gasteiger partial charge in [0.1, 0.15) is 0 Å². The van der Waals surface area contributed by atoms with Crippen molar-refractivity contribution >= 4 is 11.7 Å². The number of ether oxygens (including phenoxy) is 1. The van der Waals surface area contributed by atoms with Gasteiger partial charge in [0.05, 0.1) is 6.33 Å². The Morgan fingerprint density at radius 3 is 3.06 bits per heavy atom. The van der Waals surface area contributed by atoms with Gasteiger partial charge in [-0.2, -0.15) is 0 Å². The first-order valence-electron chi connectivity index (χ1n) is 6.54. The molecule has 6 heteroatoms. The third kappa shape index (κ3) is 1.68. The number of aryl methyl sites for hydroxylation is 1. The lowest BCUT2D eigenvalue weighted by Gasteiger charge is -2.19. The molecule has 0 radical (unpaired) electrons. The van der Waals surface area contributed by atoms with Gasteiger partial charge >= 0.3 is 0 Å². The van der Waals surface area contributed by atoms with Gasteiger partial charge in [-0.25, -0.2) is 4.98 Å². The maximum Gasteiger partial charge on any atom is 0.273 e. The molecule has 2 aliphatic rings. The number of unbranched alkanes of at least 4 members (excludes halogenated alkanes) is 1. The number of aromatic nitrogens is 2. The van der Waals surface area contributed by atoms with E-state index in [-0.39, 0.29) is 18.4 Å². The molecular formula is C12H18N4O2. The van der Waals surface area contributed by atoms with E-state index in [9.17, 15) is 4.79 Å². The highest BCUT2D eigenvalue weighted by molar-refractivity contribution is 5.98. The van der Waals surface area contributed by atoms with Gasteiger partial charge in [-0.05, 0) is 13.3 Å². The van der Waals surface area contributed by atoms with Crippen molar-refractivity contribution in [1.29, 1.82) is 0 Å². The maximum absolute atomic E-state index is 12.1. The van der Waals surface area contributed by atoms with Crippen LogP contribution in [0.2, 0.25) is 0 Å². The van der Waals surface area contributed by atoms with E-state index in [0.717, 1.165) is 31.7 Å². The Morgan fingerprint density at radius 2 is 2.33 bits per heavy atom. The fraction of sp³-hybridized carbons (Fsp3) is 0.667. The molecule has 1 aromatic rings. The third-order valence-electron chi connectivity index (χ3n) is 3.45. The Balaban J connectivity index is 1.97. The molecule has 3 rings (SSSR count). The van der Waals surface area contributed by atoms with Crippen LogP contribution >= 0.6 is 0 Å². The molecular weight excluding hydrogens is 232 g/mol. The number of amides is 1. The van der Waals surface area contributed by atoms with Crippen molar-refractivity contribution in [2.75, 3.05) is 11.4 Å². The molecule has 1 aromatic heterocycles. The number of epoxide rings is 1. The Kier molecular flexibility index (Phi) is 2.74. The average Bonchev–Trinajstić information content (AvgIpc) is 2.99. The number of imidazole rings is 1. The maximum atomic E-state index is 12.1. The molecule has 2 aliphatic heterocycles. The highest BCUT2D eigenvalue weighted by Crippen LogP contribution is 2.34. The van der Waals surface area contributed by atoms with Crippen LogP contribution in [0.25, 0.3) is 0 Å². The monoisotopic (exact) mass is 250 g/mol. The molecule has 98 valence electrons. The lowest BCUT2D eigenvalue weighted by molar-refractivity contribution is 0.0926. The Morgan fingerprint density at radius 1 is 1.50 bits per heavy atom. The molecule has 0 aliphatic carbocycles. The number of nitrogens with one attached hydrogen (secondary N) is 1. The third-order valence-corrected chi connectivity index (χ3v) is 3.45. The summed E-state index contributed by atoms with van der Waals surface area (Å²) in [4.78, 5) is 18.6. The topological polar surface area (TPSA) is 62.7 Å². The van der Waals surface area contributed by atoms with Crippen LogP contribution in [0, 0.1) is 0 Å². The Bertz CT molecular complexity index is 471. The van der Waals surface area contributed by atoms with E-state index in [4.69, 9.17) is 4.74 Å². The van der Waals surface area contributed by atoms with E-state index in [2.05, 4.69) is 22.1 Å². The van der Waals surface area contributed by atoms with Crippen molar-refractivity contribution in [3.05, 3.63) is 12.0 Å². The highest BCUT2D eigenvalue weighted by Gasteiger charge is 2.49. The summed E-state index contributed by atoms with van der Waals surface area (Å²) < 4.78 is 7.37. The molecule has 1 fully saturated rings. The van der Waals surface area contributed by atoms with Crippen molar-refractivity contribution in [3.8, 4) is 0 Å². The zero-order chi connectivity index (χ0) is 12.7. The van der Waals surface area contributed by atoms with Crippen LogP contribution in [-0.2, 0) is 11.3 Å². The van der Waals surface area contributed by atoms with E-state index in [1.54, 1.807) is 6.33 Å². The van der Waals surface area contributed by atoms with Crippen molar-refractivity contribution in [3.63, 3.8) is 0 Å². The summed E-state index contributed by atoms with van der Waals surface area (Å²) in [7, 11) is 0. The van der Waals surface area contributed by atoms with Gasteiger partial charge in [-0.15, -0.1) is 0 Å². The van der Waals surface area contributed by atoms with Crippen LogP contribution in [0.5, 0.6) is 0 Å². The van der Waals surface area contributed by atoms with Gasteiger partial charge in [0.2, 0.25) is 0 Å². The summed E-state index contributed by atoms with van der Waals surface area (Å²) >= 11 is 0. The summed E-state index contributed by atoms with van der Waals surface area (Å²) in [6, 6.07) is 0. The largest absolute Gasteiger partial charge is 0.326 e. The number of carbonyl (C=O) groups excluding carboxylic acids is 1. The van der Waals surface area contributed by atoms with Crippen LogP contribution in [0.15, 0.2) is 6.33 Å². The lowest BCUT2D eigenvalue weighted by atomic mass is 10.3. The van der Waals surface area contributed by atoms with Gasteiger partial charge < -0.3 is 19.5 Å². The molecule has 1 N–H and O–H groups in total. The molecule has 2 unspecified atom stereocenters. The van der Waals surface area contributed by atoms with Crippen LogP contribution < -0.4 is 10.2 Å². The lowest BCUT2D eigenvalue weighted by Crippen LogP contribution is -2.31. The molecule has 0 saturated carbocycles. The van der Waals surface area contributed by atoms with E-state index >= 15 is 0 Å². The summed E-state index contributed by atoms with van der Waals surface area (Å²) in [5, 5.41) is 2.88. The molecule has 2 atom stereocenters. The molecule has 3 heterocycles. The molecule has 0 spiro atoms. The van der Waals surface area contributed by atoms with Crippen molar-refractivity contribution in [2.24, 2.45) is 0 Å². The Labute approximate surface area is 106 Å². The summed E-state index contributed by atoms with van der Waals surface area (Å²) in [6.45, 7) is 5.78. The molecule has 0 bridgehead atoms. The molecule has 1 saturated heterocycles. The smallest absolute Gasteiger partial charge is 0.273 e. The van der Waals surface area contributed by atoms with Gasteiger partial charge in [-0.3, -0.25) is 4.79 Å². The van der Waals surface area contributed by atoms with Gasteiger partial charge in [0, 0.05) is 13.1 Å². The van der Waals surface area contributed by atoms with Gasteiger partial charge in [0.25, 0.3) is 5.91 Å². The van der Waals surface area contributed by atoms with E-state index < -0.39 is 0 Å². The normalized spacial score (nSPS) is 25.2. The first kappa shape index (κ1) is 11.5. The number of carbonyl (C=O) groups is 1. The Hall–Kier alpha value is -1.56. The van der Waals surface area contributed by atoms with Gasteiger partial charge in [-0.1, -0.05) is 13.3 Å². The van der Waals surface area contributed by atoms with E-state index in [1.807, 2.05) is 11.5 Å². The summed E-state index contributed by atoms with van der Waals surface area (Å²) in [5.74, 6) is 0.670. The zero-order valence-electron chi connectivity index (χ0n) is 10.7. The molecule has 6 nitrogen and oxygen atoms in total. The number of anilines is 1. The van der Waals surface area contributed by atoms with Crippen molar-refractivity contribution < 1.29 is 9.53 Å². The summed E-state index contributed by atoms with van der Waals surface area (Å²) in [5.41, 5.74) is 0.657. The fourth-order valence-electron chi connectivity index (χ4n) is 2.38.